The van der Waals surface area contributed by atoms with Crippen molar-refractivity contribution in [3.63, 3.8) is 0 Å². The third-order valence-electron chi connectivity index (χ3n) is 4.56. The Bertz CT molecular complexity index is 978. The Morgan fingerprint density at radius 2 is 2.07 bits per heavy atom. The van der Waals surface area contributed by atoms with Gasteiger partial charge in [0, 0.05) is 25.9 Å². The minimum atomic E-state index is -0.137. The maximum absolute atomic E-state index is 12.5. The van der Waals surface area contributed by atoms with E-state index in [-0.39, 0.29) is 11.7 Å². The predicted octanol–water partition coefficient (Wildman–Crippen LogP) is 1.52. The second kappa shape index (κ2) is 8.18. The van der Waals surface area contributed by atoms with Gasteiger partial charge in [-0.25, -0.2) is 15.0 Å². The molecule has 1 aliphatic heterocycles. The van der Waals surface area contributed by atoms with Crippen LogP contribution in [0.25, 0.3) is 11.4 Å². The van der Waals surface area contributed by atoms with E-state index in [1.165, 1.54) is 12.4 Å². The van der Waals surface area contributed by atoms with Crippen molar-refractivity contribution < 1.29 is 9.47 Å². The molecule has 0 N–H and O–H groups in total. The minimum Gasteiger partial charge on any atom is -0.491 e. The van der Waals surface area contributed by atoms with Crippen LogP contribution in [-0.4, -0.2) is 51.9 Å². The first kappa shape index (κ1) is 18.1. The summed E-state index contributed by atoms with van der Waals surface area (Å²) in [6.45, 7) is 2.20. The summed E-state index contributed by atoms with van der Waals surface area (Å²) in [5, 5.41) is 0. The lowest BCUT2D eigenvalue weighted by atomic mass is 10.2. The van der Waals surface area contributed by atoms with E-state index in [2.05, 4.69) is 19.9 Å². The zero-order valence-electron chi connectivity index (χ0n) is 15.6. The van der Waals surface area contributed by atoms with Gasteiger partial charge >= 0.3 is 0 Å². The highest BCUT2D eigenvalue weighted by molar-refractivity contribution is 5.55. The van der Waals surface area contributed by atoms with Gasteiger partial charge in [0.05, 0.1) is 24.5 Å². The number of anilines is 1. The van der Waals surface area contributed by atoms with E-state index in [1.54, 1.807) is 23.9 Å². The molecule has 1 saturated heterocycles. The molecule has 0 bridgehead atoms. The highest BCUT2D eigenvalue weighted by atomic mass is 16.5. The molecule has 0 radical (unpaired) electrons. The average Bonchev–Trinajstić information content (AvgIpc) is 2.75. The maximum atomic E-state index is 12.5. The number of ether oxygens (including phenoxy) is 2. The highest BCUT2D eigenvalue weighted by Gasteiger charge is 2.24. The summed E-state index contributed by atoms with van der Waals surface area (Å²) in [5.74, 6) is 1.40. The molecule has 0 amide bonds. The lowest BCUT2D eigenvalue weighted by molar-refractivity contribution is 0.00962. The van der Waals surface area contributed by atoms with Crippen molar-refractivity contribution in [2.45, 2.75) is 6.10 Å². The fourth-order valence-corrected chi connectivity index (χ4v) is 3.09. The van der Waals surface area contributed by atoms with Gasteiger partial charge in [0.1, 0.15) is 24.8 Å². The Kier molecular flexibility index (Phi) is 5.29. The van der Waals surface area contributed by atoms with Gasteiger partial charge in [-0.05, 0) is 18.2 Å². The smallest absolute Gasteiger partial charge is 0.255 e. The molecule has 1 aliphatic rings. The van der Waals surface area contributed by atoms with Crippen molar-refractivity contribution in [2.24, 2.45) is 7.05 Å². The van der Waals surface area contributed by atoms with Gasteiger partial charge in [-0.2, -0.15) is 0 Å². The largest absolute Gasteiger partial charge is 0.491 e. The number of hydrogen-bond donors (Lipinski definition) is 0. The van der Waals surface area contributed by atoms with Crippen molar-refractivity contribution >= 4 is 5.95 Å². The third-order valence-corrected chi connectivity index (χ3v) is 4.56. The highest BCUT2D eigenvalue weighted by Crippen LogP contribution is 2.19. The molecule has 144 valence electrons. The number of morpholine rings is 1. The number of aromatic nitrogens is 4. The summed E-state index contributed by atoms with van der Waals surface area (Å²) < 4.78 is 13.2. The van der Waals surface area contributed by atoms with Crippen LogP contribution in [-0.2, 0) is 11.8 Å². The molecule has 4 rings (SSSR count). The monoisotopic (exact) mass is 379 g/mol. The van der Waals surface area contributed by atoms with Crippen LogP contribution in [0.5, 0.6) is 5.75 Å². The van der Waals surface area contributed by atoms with E-state index >= 15 is 0 Å². The van der Waals surface area contributed by atoms with Crippen molar-refractivity contribution in [1.29, 1.82) is 0 Å². The van der Waals surface area contributed by atoms with E-state index in [0.717, 1.165) is 5.75 Å². The normalized spacial score (nSPS) is 16.8. The van der Waals surface area contributed by atoms with Gasteiger partial charge in [-0.3, -0.25) is 9.36 Å². The van der Waals surface area contributed by atoms with E-state index in [4.69, 9.17) is 9.47 Å². The molecule has 1 aromatic carbocycles. The first-order valence-corrected chi connectivity index (χ1v) is 9.09. The number of nitrogens with zero attached hydrogens (tertiary/aromatic N) is 5. The van der Waals surface area contributed by atoms with Gasteiger partial charge in [-0.1, -0.05) is 18.2 Å². The number of para-hydroxylation sites is 1. The molecule has 0 aliphatic carbocycles. The molecule has 0 saturated carbocycles. The Morgan fingerprint density at radius 1 is 1.21 bits per heavy atom. The summed E-state index contributed by atoms with van der Waals surface area (Å²) in [6, 6.07) is 12.9. The van der Waals surface area contributed by atoms with E-state index in [0.29, 0.717) is 43.6 Å². The van der Waals surface area contributed by atoms with Crippen LogP contribution in [0.3, 0.4) is 0 Å². The summed E-state index contributed by atoms with van der Waals surface area (Å²) in [6.07, 6.45) is 2.96. The first-order valence-electron chi connectivity index (χ1n) is 9.09. The second-order valence-electron chi connectivity index (χ2n) is 6.50. The molecule has 28 heavy (non-hydrogen) atoms. The Balaban J connectivity index is 1.53. The van der Waals surface area contributed by atoms with E-state index < -0.39 is 0 Å². The topological polar surface area (TPSA) is 82.4 Å². The van der Waals surface area contributed by atoms with Gasteiger partial charge in [0.25, 0.3) is 5.56 Å². The third kappa shape index (κ3) is 4.01. The standard InChI is InChI=1S/C20H21N5O3/c1-24-19(26)11-18(17-7-8-21-14-22-17)23-20(24)25-9-10-27-16(12-25)13-28-15-5-3-2-4-6-15/h2-8,11,14,16H,9-10,12-13H2,1H3. The van der Waals surface area contributed by atoms with Crippen molar-refractivity contribution in [1.82, 2.24) is 19.5 Å². The van der Waals surface area contributed by atoms with Crippen LogP contribution >= 0.6 is 0 Å². The van der Waals surface area contributed by atoms with E-state index in [9.17, 15) is 4.79 Å². The van der Waals surface area contributed by atoms with Crippen LogP contribution in [0.15, 0.2) is 59.8 Å². The van der Waals surface area contributed by atoms with Crippen molar-refractivity contribution in [3.05, 3.63) is 65.3 Å². The minimum absolute atomic E-state index is 0.117. The van der Waals surface area contributed by atoms with Crippen molar-refractivity contribution in [2.75, 3.05) is 31.2 Å². The molecule has 2 aromatic heterocycles. The molecule has 8 heteroatoms. The zero-order valence-corrected chi connectivity index (χ0v) is 15.6. The van der Waals surface area contributed by atoms with Gasteiger partial charge in [0.15, 0.2) is 0 Å². The van der Waals surface area contributed by atoms with Gasteiger partial charge in [0.2, 0.25) is 5.95 Å². The molecule has 8 nitrogen and oxygen atoms in total. The van der Waals surface area contributed by atoms with Crippen LogP contribution in [0.2, 0.25) is 0 Å². The lowest BCUT2D eigenvalue weighted by Crippen LogP contribution is -2.47. The SMILES string of the molecule is Cn1c(N2CCOC(COc3ccccc3)C2)nc(-c2ccncn2)cc1=O. The molecule has 1 unspecified atom stereocenters. The predicted molar refractivity (Wildman–Crippen MR) is 104 cm³/mol. The molecular formula is C20H21N5O3. The van der Waals surface area contributed by atoms with Crippen LogP contribution < -0.4 is 15.2 Å². The number of benzene rings is 1. The molecule has 1 fully saturated rings. The second-order valence-corrected chi connectivity index (χ2v) is 6.50. The van der Waals surface area contributed by atoms with Crippen LogP contribution in [0, 0.1) is 0 Å². The quantitative estimate of drug-likeness (QED) is 0.665. The summed E-state index contributed by atoms with van der Waals surface area (Å²) in [4.78, 5) is 27.3. The van der Waals surface area contributed by atoms with Crippen molar-refractivity contribution in [3.8, 4) is 17.1 Å². The average molecular weight is 379 g/mol. The Morgan fingerprint density at radius 3 is 2.86 bits per heavy atom. The van der Waals surface area contributed by atoms with E-state index in [1.807, 2.05) is 30.3 Å². The maximum Gasteiger partial charge on any atom is 0.255 e. The fraction of sp³-hybridized carbons (Fsp3) is 0.300. The lowest BCUT2D eigenvalue weighted by Gasteiger charge is -2.34. The molecular weight excluding hydrogens is 358 g/mol. The number of hydrogen-bond acceptors (Lipinski definition) is 7. The zero-order chi connectivity index (χ0) is 19.3. The van der Waals surface area contributed by atoms with Crippen LogP contribution in [0.1, 0.15) is 0 Å². The van der Waals surface area contributed by atoms with Gasteiger partial charge in [-0.15, -0.1) is 0 Å². The molecule has 3 aromatic rings. The van der Waals surface area contributed by atoms with Crippen LogP contribution in [0.4, 0.5) is 5.95 Å². The number of rotatable bonds is 5. The first-order chi connectivity index (χ1) is 13.7. The Hall–Kier alpha value is -3.26. The molecule has 1 atom stereocenters. The molecule has 0 spiro atoms. The van der Waals surface area contributed by atoms with Gasteiger partial charge < -0.3 is 14.4 Å². The fourth-order valence-electron chi connectivity index (χ4n) is 3.09. The summed E-state index contributed by atoms with van der Waals surface area (Å²) in [7, 11) is 1.72. The summed E-state index contributed by atoms with van der Waals surface area (Å²) >= 11 is 0. The summed E-state index contributed by atoms with van der Waals surface area (Å²) in [5.41, 5.74) is 1.01. The Labute approximate surface area is 162 Å². The molecule has 3 heterocycles.